The van der Waals surface area contributed by atoms with Gasteiger partial charge in [-0.25, -0.2) is 4.79 Å². The molecule has 2 aromatic carbocycles. The van der Waals surface area contributed by atoms with Crippen LogP contribution in [0.25, 0.3) is 0 Å². The second kappa shape index (κ2) is 16.1. The van der Waals surface area contributed by atoms with Gasteiger partial charge in [0.15, 0.2) is 5.71 Å². The van der Waals surface area contributed by atoms with Crippen molar-refractivity contribution >= 4 is 55.1 Å². The number of amides is 2. The van der Waals surface area contributed by atoms with Gasteiger partial charge in [0.1, 0.15) is 6.54 Å². The molecular weight excluding hydrogens is 687 g/mol. The summed E-state index contributed by atoms with van der Waals surface area (Å²) >= 11 is 0. The van der Waals surface area contributed by atoms with E-state index in [0.717, 1.165) is 28.3 Å². The van der Waals surface area contributed by atoms with Crippen LogP contribution in [0, 0.1) is 6.92 Å². The van der Waals surface area contributed by atoms with Gasteiger partial charge in [-0.2, -0.15) is 21.4 Å². The first kappa shape index (κ1) is 38.4. The highest BCUT2D eigenvalue weighted by Crippen LogP contribution is 2.37. The maximum Gasteiger partial charge on any atom is 0.333 e. The van der Waals surface area contributed by atoms with Crippen molar-refractivity contribution < 1.29 is 49.7 Å². The number of hydroxylamine groups is 2. The van der Waals surface area contributed by atoms with Gasteiger partial charge in [0.25, 0.3) is 32.1 Å². The summed E-state index contributed by atoms with van der Waals surface area (Å²) in [6.45, 7) is 8.80. The Hall–Kier alpha value is -4.44. The second-order valence-electron chi connectivity index (χ2n) is 12.1. The van der Waals surface area contributed by atoms with E-state index in [0.29, 0.717) is 43.0 Å². The Balaban J connectivity index is 1.45. The molecular formula is C35H42N3O10S2+. The highest BCUT2D eigenvalue weighted by atomic mass is 32.2. The Kier molecular flexibility index (Phi) is 12.3. The molecule has 1 unspecified atom stereocenters. The summed E-state index contributed by atoms with van der Waals surface area (Å²) in [5, 5.41) is 0.536. The number of unbranched alkanes of at least 4 members (excludes halogenated alkanes) is 2. The van der Waals surface area contributed by atoms with E-state index in [1.54, 1.807) is 19.1 Å². The van der Waals surface area contributed by atoms with Crippen molar-refractivity contribution in [1.82, 2.24) is 5.06 Å². The van der Waals surface area contributed by atoms with E-state index in [1.165, 1.54) is 24.3 Å². The van der Waals surface area contributed by atoms with Gasteiger partial charge in [-0.3, -0.25) is 18.7 Å². The normalized spacial score (nSPS) is 17.0. The molecule has 0 bridgehead atoms. The van der Waals surface area contributed by atoms with Gasteiger partial charge in [0, 0.05) is 54.9 Å². The molecule has 0 radical (unpaired) electrons. The van der Waals surface area contributed by atoms with Crippen LogP contribution >= 0.6 is 0 Å². The molecule has 15 heteroatoms. The first-order valence-corrected chi connectivity index (χ1v) is 19.1. The quantitative estimate of drug-likeness (QED) is 0.0789. The average Bonchev–Trinajstić information content (AvgIpc) is 3.51. The van der Waals surface area contributed by atoms with Gasteiger partial charge in [-0.1, -0.05) is 24.6 Å². The number of fused-ring (bicyclic) bond motifs is 1. The Morgan fingerprint density at radius 3 is 2.22 bits per heavy atom. The van der Waals surface area contributed by atoms with Gasteiger partial charge >= 0.3 is 5.97 Å². The van der Waals surface area contributed by atoms with Gasteiger partial charge in [0.05, 0.1) is 15.7 Å². The largest absolute Gasteiger partial charge is 0.345 e. The lowest BCUT2D eigenvalue weighted by Crippen LogP contribution is -2.31. The number of anilines is 1. The summed E-state index contributed by atoms with van der Waals surface area (Å²) in [7, 11) is -8.71. The summed E-state index contributed by atoms with van der Waals surface area (Å²) in [5.74, 6) is -1.82. The molecule has 0 aliphatic carbocycles. The van der Waals surface area contributed by atoms with Crippen LogP contribution in [0.2, 0.25) is 0 Å². The SMILES string of the molecule is CC[N+]1=C(/C=C/C=C/C=C(\C)N(CCCCCC(=O)ON2C(=O)CCC2=O)c2ccc(S(=O)(=O)O)cc2C)C(C)c2cc(S(=O)(=O)O)ccc21. The van der Waals surface area contributed by atoms with E-state index >= 15 is 0 Å². The van der Waals surface area contributed by atoms with Crippen LogP contribution in [0.5, 0.6) is 0 Å². The van der Waals surface area contributed by atoms with Crippen LogP contribution in [-0.2, 0) is 39.5 Å². The third-order valence-corrected chi connectivity index (χ3v) is 10.3. The molecule has 1 saturated heterocycles. The van der Waals surface area contributed by atoms with Crippen molar-refractivity contribution in [3.63, 3.8) is 0 Å². The molecule has 13 nitrogen and oxygen atoms in total. The van der Waals surface area contributed by atoms with Gasteiger partial charge in [-0.15, -0.1) is 5.06 Å². The zero-order valence-electron chi connectivity index (χ0n) is 28.4. The minimum absolute atomic E-state index is 0.0263. The number of carbonyl (C=O) groups is 3. The maximum absolute atomic E-state index is 12.2. The Labute approximate surface area is 292 Å². The molecule has 0 saturated carbocycles. The van der Waals surface area contributed by atoms with Crippen LogP contribution in [0.15, 0.2) is 82.3 Å². The number of carbonyl (C=O) groups excluding carboxylic acids is 3. The fourth-order valence-corrected chi connectivity index (χ4v) is 7.09. The molecule has 0 aromatic heterocycles. The first-order valence-electron chi connectivity index (χ1n) is 16.2. The molecule has 1 fully saturated rings. The molecule has 0 spiro atoms. The smallest absolute Gasteiger partial charge is 0.333 e. The van der Waals surface area contributed by atoms with Gasteiger partial charge in [-0.05, 0) is 82.5 Å². The molecule has 4 rings (SSSR count). The molecule has 2 amide bonds. The molecule has 268 valence electrons. The second-order valence-corrected chi connectivity index (χ2v) is 14.9. The number of hydrogen-bond donors (Lipinski definition) is 2. The molecule has 2 aromatic rings. The molecule has 2 aliphatic rings. The molecule has 2 N–H and O–H groups in total. The highest BCUT2D eigenvalue weighted by Gasteiger charge is 2.35. The Bertz CT molecular complexity index is 2000. The topological polar surface area (TPSA) is 179 Å². The van der Waals surface area contributed by atoms with Crippen molar-refractivity contribution in [2.24, 2.45) is 0 Å². The minimum Gasteiger partial charge on any atom is -0.345 e. The number of hydrogen-bond acceptors (Lipinski definition) is 9. The number of aryl methyl sites for hydroxylation is 1. The van der Waals surface area contributed by atoms with Crippen molar-refractivity contribution in [3.05, 3.63) is 83.6 Å². The highest BCUT2D eigenvalue weighted by molar-refractivity contribution is 7.86. The number of rotatable bonds is 15. The summed E-state index contributed by atoms with van der Waals surface area (Å²) < 4.78 is 68.0. The van der Waals surface area contributed by atoms with Crippen molar-refractivity contribution in [3.8, 4) is 0 Å². The summed E-state index contributed by atoms with van der Waals surface area (Å²) in [5.41, 5.74) is 4.86. The lowest BCUT2D eigenvalue weighted by Gasteiger charge is -2.27. The van der Waals surface area contributed by atoms with E-state index in [4.69, 9.17) is 4.84 Å². The molecule has 2 aliphatic heterocycles. The van der Waals surface area contributed by atoms with Crippen LogP contribution in [0.4, 0.5) is 11.4 Å². The zero-order chi connectivity index (χ0) is 36.8. The fraction of sp³-hybridized carbons (Fsp3) is 0.371. The van der Waals surface area contributed by atoms with Gasteiger partial charge < -0.3 is 9.74 Å². The van der Waals surface area contributed by atoms with E-state index < -0.39 is 38.0 Å². The predicted octanol–water partition coefficient (Wildman–Crippen LogP) is 5.40. The van der Waals surface area contributed by atoms with E-state index in [1.807, 2.05) is 56.1 Å². The van der Waals surface area contributed by atoms with E-state index in [2.05, 4.69) is 4.58 Å². The van der Waals surface area contributed by atoms with Crippen molar-refractivity contribution in [2.75, 3.05) is 18.0 Å². The summed E-state index contributed by atoms with van der Waals surface area (Å²) in [6, 6.07) is 8.96. The number of imide groups is 1. The van der Waals surface area contributed by atoms with E-state index in [9.17, 15) is 40.3 Å². The standard InChI is InChI=1S/C35H41N3O10S2/c1-5-36-31(26(4)29-23-28(50(45,46)47)16-18-32(29)36)13-9-6-8-12-25(3)37(30-17-15-27(22-24(30)2)49(42,43)44)21-11-7-10-14-35(41)48-38-33(39)19-20-34(38)40/h6,8-9,12-13,15-18,22-23,26H,5,7,10-11,14,19-21H2,1-4H3,(H-,42,43,44,45,46,47)/p+1. The van der Waals surface area contributed by atoms with Crippen LogP contribution in [-0.4, -0.2) is 72.2 Å². The molecule has 2 heterocycles. The van der Waals surface area contributed by atoms with E-state index in [-0.39, 0.29) is 35.0 Å². The van der Waals surface area contributed by atoms with Crippen LogP contribution in [0.3, 0.4) is 0 Å². The molecule has 1 atom stereocenters. The summed E-state index contributed by atoms with van der Waals surface area (Å²) in [6.07, 6.45) is 11.3. The van der Waals surface area contributed by atoms with Crippen molar-refractivity contribution in [1.29, 1.82) is 0 Å². The Morgan fingerprint density at radius 2 is 1.60 bits per heavy atom. The maximum atomic E-state index is 12.2. The van der Waals surface area contributed by atoms with Crippen molar-refractivity contribution in [2.45, 2.75) is 81.9 Å². The number of benzene rings is 2. The summed E-state index contributed by atoms with van der Waals surface area (Å²) in [4.78, 5) is 42.2. The average molecular weight is 729 g/mol. The first-order chi connectivity index (χ1) is 23.5. The Morgan fingerprint density at radius 1 is 0.960 bits per heavy atom. The van der Waals surface area contributed by atoms with Crippen LogP contribution < -0.4 is 4.90 Å². The lowest BCUT2D eigenvalue weighted by molar-refractivity contribution is -0.432. The molecule has 50 heavy (non-hydrogen) atoms. The predicted molar refractivity (Wildman–Crippen MR) is 186 cm³/mol. The minimum atomic E-state index is -4.38. The fourth-order valence-electron chi connectivity index (χ4n) is 6.01. The monoisotopic (exact) mass is 728 g/mol. The van der Waals surface area contributed by atoms with Gasteiger partial charge in [0.2, 0.25) is 5.69 Å². The van der Waals surface area contributed by atoms with Crippen LogP contribution in [0.1, 0.15) is 76.3 Å². The number of allylic oxidation sites excluding steroid dienone is 6. The third-order valence-electron chi connectivity index (χ3n) is 8.60. The third kappa shape index (κ3) is 9.21. The lowest BCUT2D eigenvalue weighted by atomic mass is 9.98. The zero-order valence-corrected chi connectivity index (χ0v) is 30.0. The number of nitrogens with zero attached hydrogens (tertiary/aromatic N) is 3.